The minimum Gasteiger partial charge on any atom is -0.325 e. The summed E-state index contributed by atoms with van der Waals surface area (Å²) in [5.74, 6) is -1.15. The maximum atomic E-state index is 13.7. The number of hydrogen-bond donors (Lipinski definition) is 3. The molecule has 3 N–H and O–H groups in total. The molecule has 6 aromatic carbocycles. The van der Waals surface area contributed by atoms with Crippen LogP contribution in [0.4, 0.5) is 11.4 Å². The Labute approximate surface area is 310 Å². The van der Waals surface area contributed by atoms with Crippen LogP contribution >= 0.6 is 35.0 Å². The van der Waals surface area contributed by atoms with Crippen molar-refractivity contribution in [1.29, 1.82) is 0 Å². The van der Waals surface area contributed by atoms with Gasteiger partial charge in [0.2, 0.25) is 5.91 Å². The molecule has 9 heteroatoms. The first-order valence-electron chi connectivity index (χ1n) is 15.9. The van der Waals surface area contributed by atoms with Gasteiger partial charge in [0.1, 0.15) is 10.9 Å². The molecule has 0 saturated heterocycles. The predicted octanol–water partition coefficient (Wildman–Crippen LogP) is 10.5. The zero-order valence-corrected chi connectivity index (χ0v) is 29.4. The van der Waals surface area contributed by atoms with E-state index in [2.05, 4.69) is 16.0 Å². The van der Waals surface area contributed by atoms with Crippen LogP contribution in [0.25, 0.3) is 17.2 Å². The Bertz CT molecular complexity index is 2140. The molecule has 0 bridgehead atoms. The van der Waals surface area contributed by atoms with E-state index >= 15 is 0 Å². The Morgan fingerprint density at radius 2 is 1.16 bits per heavy atom. The standard InChI is InChI=1S/C42H31Cl2N3O3S/c43-33-25-34(44)27-36(26-33)46-42(50)39(31-12-6-2-7-13-31)51-37-22-20-35(21-23-37)45-41(49)38(47-40(48)32-14-8-3-9-15-32)24-28-16-18-30(19-17-28)29-10-4-1-5-11-29/h1-27,39H,(H,45,49)(H,46,50)(H,47,48)/b38-24-. The molecule has 0 heterocycles. The topological polar surface area (TPSA) is 87.3 Å². The molecule has 0 aliphatic heterocycles. The fourth-order valence-electron chi connectivity index (χ4n) is 5.20. The van der Waals surface area contributed by atoms with E-state index in [4.69, 9.17) is 23.2 Å². The van der Waals surface area contributed by atoms with E-state index in [0.29, 0.717) is 27.0 Å². The first kappa shape index (κ1) is 35.2. The Kier molecular flexibility index (Phi) is 11.7. The summed E-state index contributed by atoms with van der Waals surface area (Å²) >= 11 is 13.7. The van der Waals surface area contributed by atoms with Crippen LogP contribution in [-0.2, 0) is 9.59 Å². The van der Waals surface area contributed by atoms with Gasteiger partial charge in [0, 0.05) is 31.9 Å². The lowest BCUT2D eigenvalue weighted by Crippen LogP contribution is -2.30. The summed E-state index contributed by atoms with van der Waals surface area (Å²) in [6, 6.07) is 47.9. The number of carbonyl (C=O) groups excluding carboxylic acids is 3. The van der Waals surface area contributed by atoms with Crippen LogP contribution in [-0.4, -0.2) is 17.7 Å². The fraction of sp³-hybridized carbons (Fsp3) is 0.0238. The maximum absolute atomic E-state index is 13.7. The van der Waals surface area contributed by atoms with Gasteiger partial charge in [-0.2, -0.15) is 0 Å². The van der Waals surface area contributed by atoms with Crippen LogP contribution < -0.4 is 16.0 Å². The van der Waals surface area contributed by atoms with Crippen LogP contribution in [0.5, 0.6) is 0 Å². The highest BCUT2D eigenvalue weighted by Gasteiger charge is 2.23. The second kappa shape index (κ2) is 16.9. The summed E-state index contributed by atoms with van der Waals surface area (Å²) in [5.41, 5.74) is 5.17. The Hall–Kier alpha value is -5.60. The van der Waals surface area contributed by atoms with E-state index in [1.165, 1.54) is 11.8 Å². The highest BCUT2D eigenvalue weighted by atomic mass is 35.5. The quantitative estimate of drug-likeness (QED) is 0.0916. The fourth-order valence-corrected chi connectivity index (χ4v) is 6.75. The molecule has 1 unspecified atom stereocenters. The predicted molar refractivity (Wildman–Crippen MR) is 209 cm³/mol. The zero-order valence-electron chi connectivity index (χ0n) is 27.1. The molecule has 51 heavy (non-hydrogen) atoms. The van der Waals surface area contributed by atoms with Gasteiger partial charge in [0.05, 0.1) is 0 Å². The third kappa shape index (κ3) is 9.77. The largest absolute Gasteiger partial charge is 0.325 e. The molecule has 0 saturated carbocycles. The van der Waals surface area contributed by atoms with Crippen LogP contribution in [0.3, 0.4) is 0 Å². The average Bonchev–Trinajstić information content (AvgIpc) is 3.15. The SMILES string of the molecule is O=C(Nc1ccc(SC(C(=O)Nc2cc(Cl)cc(Cl)c2)c2ccccc2)cc1)/C(=C/c1ccc(-c2ccccc2)cc1)NC(=O)c1ccccc1. The van der Waals surface area contributed by atoms with Crippen molar-refractivity contribution in [2.75, 3.05) is 10.6 Å². The van der Waals surface area contributed by atoms with Crippen molar-refractivity contribution in [2.45, 2.75) is 10.1 Å². The van der Waals surface area contributed by atoms with E-state index in [0.717, 1.165) is 27.1 Å². The van der Waals surface area contributed by atoms with Gasteiger partial charge < -0.3 is 16.0 Å². The first-order chi connectivity index (χ1) is 24.8. The summed E-state index contributed by atoms with van der Waals surface area (Å²) in [6.07, 6.45) is 1.64. The molecule has 0 spiro atoms. The minimum atomic E-state index is -0.597. The second-order valence-corrected chi connectivity index (χ2v) is 13.5. The van der Waals surface area contributed by atoms with Crippen molar-refractivity contribution in [3.05, 3.63) is 190 Å². The highest BCUT2D eigenvalue weighted by Crippen LogP contribution is 2.37. The van der Waals surface area contributed by atoms with Crippen LogP contribution in [0.15, 0.2) is 168 Å². The van der Waals surface area contributed by atoms with Crippen molar-refractivity contribution in [3.8, 4) is 11.1 Å². The van der Waals surface area contributed by atoms with Gasteiger partial charge in [-0.1, -0.05) is 126 Å². The van der Waals surface area contributed by atoms with E-state index in [9.17, 15) is 14.4 Å². The van der Waals surface area contributed by atoms with E-state index in [1.54, 1.807) is 60.7 Å². The average molecular weight is 729 g/mol. The van der Waals surface area contributed by atoms with Crippen LogP contribution in [0.2, 0.25) is 10.0 Å². The van der Waals surface area contributed by atoms with Gasteiger partial charge >= 0.3 is 0 Å². The normalized spacial score (nSPS) is 11.7. The Balaban J connectivity index is 1.20. The molecule has 3 amide bonds. The molecular weight excluding hydrogens is 697 g/mol. The molecule has 0 aliphatic carbocycles. The maximum Gasteiger partial charge on any atom is 0.272 e. The monoisotopic (exact) mass is 727 g/mol. The van der Waals surface area contributed by atoms with Gasteiger partial charge in [0.15, 0.2) is 0 Å². The number of carbonyl (C=O) groups is 3. The first-order valence-corrected chi connectivity index (χ1v) is 17.6. The second-order valence-electron chi connectivity index (χ2n) is 11.4. The van der Waals surface area contributed by atoms with Crippen LogP contribution in [0, 0.1) is 0 Å². The van der Waals surface area contributed by atoms with Gasteiger partial charge in [-0.3, -0.25) is 14.4 Å². The molecular formula is C42H31Cl2N3O3S. The summed E-state index contributed by atoms with van der Waals surface area (Å²) in [5, 5.41) is 8.84. The van der Waals surface area contributed by atoms with Gasteiger partial charge in [0.25, 0.3) is 11.8 Å². The zero-order chi connectivity index (χ0) is 35.6. The number of rotatable bonds is 11. The summed E-state index contributed by atoms with van der Waals surface area (Å²) in [4.78, 5) is 41.1. The molecule has 0 radical (unpaired) electrons. The lowest BCUT2D eigenvalue weighted by molar-refractivity contribution is -0.116. The van der Waals surface area contributed by atoms with E-state index in [1.807, 2.05) is 103 Å². The van der Waals surface area contributed by atoms with Crippen LogP contribution in [0.1, 0.15) is 26.7 Å². The Morgan fingerprint density at radius 1 is 0.588 bits per heavy atom. The van der Waals surface area contributed by atoms with E-state index < -0.39 is 17.1 Å². The molecule has 6 nitrogen and oxygen atoms in total. The molecule has 252 valence electrons. The summed E-state index contributed by atoms with van der Waals surface area (Å²) < 4.78 is 0. The number of nitrogens with one attached hydrogen (secondary N) is 3. The number of benzene rings is 6. The third-order valence-electron chi connectivity index (χ3n) is 7.69. The van der Waals surface area contributed by atoms with Crippen molar-refractivity contribution in [2.24, 2.45) is 0 Å². The molecule has 6 rings (SSSR count). The highest BCUT2D eigenvalue weighted by molar-refractivity contribution is 8.00. The minimum absolute atomic E-state index is 0.0803. The van der Waals surface area contributed by atoms with Gasteiger partial charge in [-0.05, 0) is 82.9 Å². The molecule has 1 atom stereocenters. The van der Waals surface area contributed by atoms with E-state index in [-0.39, 0.29) is 11.6 Å². The number of halogens is 2. The molecule has 0 aromatic heterocycles. The van der Waals surface area contributed by atoms with Crippen molar-refractivity contribution >= 4 is 70.1 Å². The van der Waals surface area contributed by atoms with Gasteiger partial charge in [-0.15, -0.1) is 11.8 Å². The Morgan fingerprint density at radius 3 is 1.78 bits per heavy atom. The smallest absolute Gasteiger partial charge is 0.272 e. The lowest BCUT2D eigenvalue weighted by Gasteiger charge is -2.18. The van der Waals surface area contributed by atoms with Crippen molar-refractivity contribution < 1.29 is 14.4 Å². The van der Waals surface area contributed by atoms with Crippen molar-refractivity contribution in [3.63, 3.8) is 0 Å². The van der Waals surface area contributed by atoms with Gasteiger partial charge in [-0.25, -0.2) is 0 Å². The molecule has 6 aromatic rings. The molecule has 0 fully saturated rings. The summed E-state index contributed by atoms with van der Waals surface area (Å²) in [7, 11) is 0. The number of anilines is 2. The van der Waals surface area contributed by atoms with Crippen molar-refractivity contribution in [1.82, 2.24) is 5.32 Å². The number of amides is 3. The molecule has 0 aliphatic rings. The number of thioether (sulfide) groups is 1. The summed E-state index contributed by atoms with van der Waals surface area (Å²) in [6.45, 7) is 0. The lowest BCUT2D eigenvalue weighted by atomic mass is 10.0. The number of hydrogen-bond acceptors (Lipinski definition) is 4. The third-order valence-corrected chi connectivity index (χ3v) is 9.40.